The number of aromatic amines is 1. The van der Waals surface area contributed by atoms with E-state index < -0.39 is 0 Å². The Morgan fingerprint density at radius 2 is 2.33 bits per heavy atom. The molecule has 0 saturated carbocycles. The molecule has 0 spiro atoms. The molecule has 0 aliphatic rings. The monoisotopic (exact) mass is 157 g/mol. The second-order valence-corrected chi connectivity index (χ2v) is 2.68. The van der Waals surface area contributed by atoms with Gasteiger partial charge >= 0.3 is 0 Å². The van der Waals surface area contributed by atoms with Gasteiger partial charge in [0.15, 0.2) is 0 Å². The molecule has 3 heteroatoms. The number of benzene rings is 1. The molecule has 0 atom stereocenters. The number of fused-ring (bicyclic) bond motifs is 1. The first-order valence-corrected chi connectivity index (χ1v) is 3.65. The highest BCUT2D eigenvalue weighted by Gasteiger charge is 2.02. The summed E-state index contributed by atoms with van der Waals surface area (Å²) in [5.74, 6) is 0. The smallest absolute Gasteiger partial charge is 0.0995 e. The van der Waals surface area contributed by atoms with Gasteiger partial charge in [0.2, 0.25) is 0 Å². The number of aryl methyl sites for hydroxylation is 1. The molecular weight excluding hydrogens is 150 g/mol. The number of hydrogen-bond acceptors (Lipinski definition) is 2. The molecule has 0 aliphatic carbocycles. The average Bonchev–Trinajstić information content (AvgIpc) is 2.53. The summed E-state index contributed by atoms with van der Waals surface area (Å²) in [5, 5.41) is 16.5. The third kappa shape index (κ3) is 0.785. The van der Waals surface area contributed by atoms with E-state index in [1.165, 1.54) is 0 Å². The van der Waals surface area contributed by atoms with Crippen LogP contribution in [0.2, 0.25) is 0 Å². The summed E-state index contributed by atoms with van der Waals surface area (Å²) in [6.45, 7) is 1.92. The normalized spacial score (nSPS) is 10.0. The summed E-state index contributed by atoms with van der Waals surface area (Å²) in [7, 11) is 0. The molecule has 0 fully saturated rings. The highest BCUT2D eigenvalue weighted by Crippen LogP contribution is 2.18. The zero-order valence-corrected chi connectivity index (χ0v) is 6.63. The quantitative estimate of drug-likeness (QED) is 0.633. The van der Waals surface area contributed by atoms with Crippen molar-refractivity contribution in [2.75, 3.05) is 0 Å². The molecule has 1 heterocycles. The molecule has 58 valence electrons. The molecular formula is C9H7N3. The molecule has 0 bridgehead atoms. The van der Waals surface area contributed by atoms with Crippen LogP contribution in [0.15, 0.2) is 18.3 Å². The number of hydrogen-bond donors (Lipinski definition) is 1. The topological polar surface area (TPSA) is 52.5 Å². The van der Waals surface area contributed by atoms with Gasteiger partial charge in [0, 0.05) is 5.39 Å². The maximum Gasteiger partial charge on any atom is 0.0995 e. The Hall–Kier alpha value is -1.82. The van der Waals surface area contributed by atoms with Gasteiger partial charge in [0.1, 0.15) is 0 Å². The lowest BCUT2D eigenvalue weighted by molar-refractivity contribution is 1.11. The Bertz CT molecular complexity index is 462. The SMILES string of the molecule is Cc1c(C#N)ccc2cn[nH]c12. The van der Waals surface area contributed by atoms with Crippen LogP contribution in [-0.4, -0.2) is 10.2 Å². The van der Waals surface area contributed by atoms with Crippen molar-refractivity contribution in [3.8, 4) is 6.07 Å². The van der Waals surface area contributed by atoms with Crippen molar-refractivity contribution in [3.63, 3.8) is 0 Å². The van der Waals surface area contributed by atoms with Crippen molar-refractivity contribution in [1.29, 1.82) is 5.26 Å². The van der Waals surface area contributed by atoms with Crippen LogP contribution in [0.5, 0.6) is 0 Å². The van der Waals surface area contributed by atoms with E-state index in [1.807, 2.05) is 19.1 Å². The standard InChI is InChI=1S/C9H7N3/c1-6-7(4-10)2-3-8-5-11-12-9(6)8/h2-3,5H,1H3,(H,11,12). The van der Waals surface area contributed by atoms with Crippen LogP contribution in [0, 0.1) is 18.3 Å². The Labute approximate surface area is 69.6 Å². The lowest BCUT2D eigenvalue weighted by atomic mass is 10.1. The van der Waals surface area contributed by atoms with E-state index in [1.54, 1.807) is 6.20 Å². The molecule has 2 aromatic rings. The Morgan fingerprint density at radius 3 is 3.08 bits per heavy atom. The maximum absolute atomic E-state index is 8.73. The van der Waals surface area contributed by atoms with Crippen molar-refractivity contribution in [2.45, 2.75) is 6.92 Å². The van der Waals surface area contributed by atoms with Gasteiger partial charge in [-0.25, -0.2) is 0 Å². The summed E-state index contributed by atoms with van der Waals surface area (Å²) < 4.78 is 0. The third-order valence-corrected chi connectivity index (χ3v) is 2.00. The number of H-pyrrole nitrogens is 1. The summed E-state index contributed by atoms with van der Waals surface area (Å²) in [6.07, 6.45) is 1.75. The molecule has 0 aliphatic heterocycles. The number of nitrogens with one attached hydrogen (secondary N) is 1. The molecule has 1 N–H and O–H groups in total. The van der Waals surface area contributed by atoms with E-state index in [0.717, 1.165) is 16.5 Å². The first-order valence-electron chi connectivity index (χ1n) is 3.65. The first kappa shape index (κ1) is 6.86. The van der Waals surface area contributed by atoms with Crippen molar-refractivity contribution in [1.82, 2.24) is 10.2 Å². The molecule has 0 unspecified atom stereocenters. The molecule has 12 heavy (non-hydrogen) atoms. The third-order valence-electron chi connectivity index (χ3n) is 2.00. The largest absolute Gasteiger partial charge is 0.278 e. The van der Waals surface area contributed by atoms with Gasteiger partial charge < -0.3 is 0 Å². The molecule has 0 saturated heterocycles. The summed E-state index contributed by atoms with van der Waals surface area (Å²) in [5.41, 5.74) is 2.62. The molecule has 1 aromatic heterocycles. The zero-order valence-electron chi connectivity index (χ0n) is 6.63. The van der Waals surface area contributed by atoms with Gasteiger partial charge in [-0.15, -0.1) is 0 Å². The van der Waals surface area contributed by atoms with Crippen LogP contribution < -0.4 is 0 Å². The zero-order chi connectivity index (χ0) is 8.55. The number of nitriles is 1. The minimum absolute atomic E-state index is 0.701. The van der Waals surface area contributed by atoms with Crippen LogP contribution >= 0.6 is 0 Å². The minimum atomic E-state index is 0.701. The second-order valence-electron chi connectivity index (χ2n) is 2.68. The van der Waals surface area contributed by atoms with E-state index >= 15 is 0 Å². The van der Waals surface area contributed by atoms with Crippen molar-refractivity contribution in [3.05, 3.63) is 29.5 Å². The van der Waals surface area contributed by atoms with Gasteiger partial charge in [-0.2, -0.15) is 10.4 Å². The predicted molar refractivity (Wildman–Crippen MR) is 45.5 cm³/mol. The summed E-state index contributed by atoms with van der Waals surface area (Å²) in [6, 6.07) is 5.84. The van der Waals surface area contributed by atoms with E-state index in [4.69, 9.17) is 5.26 Å². The highest BCUT2D eigenvalue weighted by molar-refractivity contribution is 5.83. The molecule has 3 nitrogen and oxygen atoms in total. The Kier molecular flexibility index (Phi) is 1.34. The molecule has 2 rings (SSSR count). The number of rotatable bonds is 0. The molecule has 1 aromatic carbocycles. The number of nitrogens with zero attached hydrogens (tertiary/aromatic N) is 2. The fraction of sp³-hybridized carbons (Fsp3) is 0.111. The van der Waals surface area contributed by atoms with E-state index in [-0.39, 0.29) is 0 Å². The maximum atomic E-state index is 8.73. The Balaban J connectivity index is 2.89. The fourth-order valence-electron chi connectivity index (χ4n) is 1.28. The molecule has 0 radical (unpaired) electrons. The number of aromatic nitrogens is 2. The summed E-state index contributed by atoms with van der Waals surface area (Å²) >= 11 is 0. The van der Waals surface area contributed by atoms with E-state index in [0.29, 0.717) is 5.56 Å². The average molecular weight is 157 g/mol. The first-order chi connectivity index (χ1) is 5.83. The lowest BCUT2D eigenvalue weighted by Crippen LogP contribution is -1.83. The van der Waals surface area contributed by atoms with Crippen LogP contribution in [-0.2, 0) is 0 Å². The highest BCUT2D eigenvalue weighted by atomic mass is 15.1. The van der Waals surface area contributed by atoms with Crippen molar-refractivity contribution in [2.24, 2.45) is 0 Å². The fourth-order valence-corrected chi connectivity index (χ4v) is 1.28. The van der Waals surface area contributed by atoms with Crippen molar-refractivity contribution >= 4 is 10.9 Å². The minimum Gasteiger partial charge on any atom is -0.278 e. The molecule has 0 amide bonds. The van der Waals surface area contributed by atoms with Gasteiger partial charge in [0.05, 0.1) is 23.3 Å². The van der Waals surface area contributed by atoms with Crippen molar-refractivity contribution < 1.29 is 0 Å². The summed E-state index contributed by atoms with van der Waals surface area (Å²) in [4.78, 5) is 0. The van der Waals surface area contributed by atoms with Gasteiger partial charge in [-0.3, -0.25) is 5.10 Å². The lowest BCUT2D eigenvalue weighted by Gasteiger charge is -1.96. The van der Waals surface area contributed by atoms with Gasteiger partial charge in [-0.05, 0) is 24.6 Å². The predicted octanol–water partition coefficient (Wildman–Crippen LogP) is 1.74. The Morgan fingerprint density at radius 1 is 1.50 bits per heavy atom. The second kappa shape index (κ2) is 2.35. The van der Waals surface area contributed by atoms with Gasteiger partial charge in [-0.1, -0.05) is 0 Å². The van der Waals surface area contributed by atoms with Crippen LogP contribution in [0.1, 0.15) is 11.1 Å². The van der Waals surface area contributed by atoms with Gasteiger partial charge in [0.25, 0.3) is 0 Å². The van der Waals surface area contributed by atoms with Crippen LogP contribution in [0.25, 0.3) is 10.9 Å². The van der Waals surface area contributed by atoms with Crippen LogP contribution in [0.4, 0.5) is 0 Å². The van der Waals surface area contributed by atoms with Crippen LogP contribution in [0.3, 0.4) is 0 Å². The van der Waals surface area contributed by atoms with E-state index in [9.17, 15) is 0 Å². The van der Waals surface area contributed by atoms with E-state index in [2.05, 4.69) is 16.3 Å².